The summed E-state index contributed by atoms with van der Waals surface area (Å²) in [4.78, 5) is 37.4. The molecule has 6 nitrogen and oxygen atoms in total. The maximum Gasteiger partial charge on any atom is 0.275 e. The van der Waals surface area contributed by atoms with Crippen molar-refractivity contribution in [2.75, 3.05) is 0 Å². The van der Waals surface area contributed by atoms with Gasteiger partial charge in [-0.15, -0.1) is 0 Å². The van der Waals surface area contributed by atoms with Crippen LogP contribution in [0.4, 0.5) is 4.39 Å². The zero-order chi connectivity index (χ0) is 25.5. The summed E-state index contributed by atoms with van der Waals surface area (Å²) in [5, 5.41) is 3.21. The van der Waals surface area contributed by atoms with E-state index in [1.807, 2.05) is 24.3 Å². The summed E-state index contributed by atoms with van der Waals surface area (Å²) in [5.41, 5.74) is 2.72. The van der Waals surface area contributed by atoms with Gasteiger partial charge in [-0.05, 0) is 47.6 Å². The fourth-order valence-corrected chi connectivity index (χ4v) is 4.69. The van der Waals surface area contributed by atoms with Crippen LogP contribution < -0.4 is 5.32 Å². The quantitative estimate of drug-likeness (QED) is 0.450. The number of amides is 2. The molecule has 1 heterocycles. The second-order valence-electron chi connectivity index (χ2n) is 9.72. The summed E-state index contributed by atoms with van der Waals surface area (Å²) in [6.45, 7) is 4.34. The lowest BCUT2D eigenvalue weighted by Crippen LogP contribution is -2.47. The van der Waals surface area contributed by atoms with Crippen LogP contribution in [0.2, 0.25) is 0 Å². The number of hydrogen-bond donors (Lipinski definition) is 1. The maximum absolute atomic E-state index is 13.9. The van der Waals surface area contributed by atoms with E-state index in [-0.39, 0.29) is 30.0 Å². The first-order valence-electron chi connectivity index (χ1n) is 12.6. The summed E-state index contributed by atoms with van der Waals surface area (Å²) in [5.74, 6) is -0.658. The molecular weight excluding hydrogens is 455 g/mol. The topological polar surface area (TPSA) is 75.2 Å². The number of benzene rings is 2. The van der Waals surface area contributed by atoms with E-state index in [1.54, 1.807) is 12.1 Å². The number of rotatable bonds is 8. The molecule has 36 heavy (non-hydrogen) atoms. The van der Waals surface area contributed by atoms with Crippen molar-refractivity contribution in [3.05, 3.63) is 95.3 Å². The van der Waals surface area contributed by atoms with Crippen molar-refractivity contribution >= 4 is 11.8 Å². The van der Waals surface area contributed by atoms with E-state index < -0.39 is 11.9 Å². The number of carbonyl (C=O) groups is 2. The Morgan fingerprint density at radius 2 is 1.64 bits per heavy atom. The predicted octanol–water partition coefficient (Wildman–Crippen LogP) is 5.57. The van der Waals surface area contributed by atoms with Crippen molar-refractivity contribution in [1.82, 2.24) is 20.2 Å². The van der Waals surface area contributed by atoms with Gasteiger partial charge in [-0.3, -0.25) is 14.6 Å². The van der Waals surface area contributed by atoms with Gasteiger partial charge in [0.05, 0.1) is 6.20 Å². The lowest BCUT2D eigenvalue weighted by molar-refractivity contribution is -0.127. The minimum absolute atomic E-state index is 0.0861. The molecule has 2 amide bonds. The van der Waals surface area contributed by atoms with E-state index in [0.717, 1.165) is 31.2 Å². The van der Waals surface area contributed by atoms with Crippen LogP contribution in [-0.4, -0.2) is 32.7 Å². The molecule has 1 fully saturated rings. The Kier molecular flexibility index (Phi) is 8.41. The third kappa shape index (κ3) is 6.33. The highest BCUT2D eigenvalue weighted by Crippen LogP contribution is 2.28. The van der Waals surface area contributed by atoms with Crippen LogP contribution >= 0.6 is 0 Å². The zero-order valence-corrected chi connectivity index (χ0v) is 20.9. The first kappa shape index (κ1) is 25.5. The molecule has 1 N–H and O–H groups in total. The Balaban J connectivity index is 1.74. The SMILES string of the molecule is CC(C)c1ccc(C(C(=O)NC2CCCCC2)N(Cc2ccc(F)cc2)C(=O)c2cnccn2)cc1. The molecule has 1 unspecified atom stereocenters. The van der Waals surface area contributed by atoms with E-state index in [4.69, 9.17) is 0 Å². The van der Waals surface area contributed by atoms with Gasteiger partial charge in [-0.1, -0.05) is 69.5 Å². The molecule has 2 aromatic carbocycles. The summed E-state index contributed by atoms with van der Waals surface area (Å²) >= 11 is 0. The first-order chi connectivity index (χ1) is 17.4. The maximum atomic E-state index is 13.9. The molecule has 1 atom stereocenters. The van der Waals surface area contributed by atoms with E-state index in [0.29, 0.717) is 17.0 Å². The third-order valence-electron chi connectivity index (χ3n) is 6.74. The van der Waals surface area contributed by atoms with Crippen LogP contribution in [-0.2, 0) is 11.3 Å². The lowest BCUT2D eigenvalue weighted by atomic mass is 9.94. The number of nitrogens with zero attached hydrogens (tertiary/aromatic N) is 3. The molecular formula is C29H33FN4O2. The van der Waals surface area contributed by atoms with Crippen LogP contribution in [0.1, 0.15) is 85.1 Å². The number of halogens is 1. The molecule has 0 aliphatic heterocycles. The van der Waals surface area contributed by atoms with Gasteiger partial charge in [0.25, 0.3) is 5.91 Å². The van der Waals surface area contributed by atoms with Crippen molar-refractivity contribution in [3.63, 3.8) is 0 Å². The highest BCUT2D eigenvalue weighted by atomic mass is 19.1. The third-order valence-corrected chi connectivity index (χ3v) is 6.74. The standard InChI is InChI=1S/C29H33FN4O2/c1-20(2)22-10-12-23(13-11-22)27(28(35)33-25-6-4-3-5-7-25)34(19-21-8-14-24(30)15-9-21)29(36)26-18-31-16-17-32-26/h8-18,20,25,27H,3-7,19H2,1-2H3,(H,33,35). The monoisotopic (exact) mass is 488 g/mol. The Labute approximate surface area is 212 Å². The van der Waals surface area contributed by atoms with Crippen molar-refractivity contribution < 1.29 is 14.0 Å². The van der Waals surface area contributed by atoms with Crippen LogP contribution in [0, 0.1) is 5.82 Å². The zero-order valence-electron chi connectivity index (χ0n) is 20.9. The van der Waals surface area contributed by atoms with Crippen molar-refractivity contribution in [1.29, 1.82) is 0 Å². The summed E-state index contributed by atoms with van der Waals surface area (Å²) in [7, 11) is 0. The van der Waals surface area contributed by atoms with Gasteiger partial charge >= 0.3 is 0 Å². The normalized spacial score (nSPS) is 14.9. The highest BCUT2D eigenvalue weighted by Gasteiger charge is 2.34. The summed E-state index contributed by atoms with van der Waals surface area (Å²) in [6, 6.07) is 13.0. The predicted molar refractivity (Wildman–Crippen MR) is 137 cm³/mol. The van der Waals surface area contributed by atoms with Gasteiger partial charge < -0.3 is 10.2 Å². The van der Waals surface area contributed by atoms with Gasteiger partial charge in [0, 0.05) is 25.0 Å². The van der Waals surface area contributed by atoms with E-state index in [2.05, 4.69) is 29.1 Å². The Morgan fingerprint density at radius 3 is 2.25 bits per heavy atom. The van der Waals surface area contributed by atoms with E-state index in [9.17, 15) is 14.0 Å². The fourth-order valence-electron chi connectivity index (χ4n) is 4.69. The van der Waals surface area contributed by atoms with Gasteiger partial charge in [-0.2, -0.15) is 0 Å². The molecule has 188 valence electrons. The highest BCUT2D eigenvalue weighted by molar-refractivity contribution is 5.96. The summed E-state index contributed by atoms with van der Waals surface area (Å²) < 4.78 is 13.6. The molecule has 0 spiro atoms. The van der Waals surface area contributed by atoms with E-state index in [1.165, 1.54) is 42.0 Å². The Morgan fingerprint density at radius 1 is 0.972 bits per heavy atom. The lowest BCUT2D eigenvalue weighted by Gasteiger charge is -2.33. The van der Waals surface area contributed by atoms with Crippen LogP contribution in [0.25, 0.3) is 0 Å². The smallest absolute Gasteiger partial charge is 0.275 e. The van der Waals surface area contributed by atoms with Crippen molar-refractivity contribution in [2.24, 2.45) is 0 Å². The van der Waals surface area contributed by atoms with Crippen molar-refractivity contribution in [2.45, 2.75) is 70.5 Å². The Bertz CT molecular complexity index is 1140. The first-order valence-corrected chi connectivity index (χ1v) is 12.6. The molecule has 1 aliphatic rings. The molecule has 0 radical (unpaired) electrons. The molecule has 1 saturated carbocycles. The van der Waals surface area contributed by atoms with Crippen LogP contribution in [0.3, 0.4) is 0 Å². The Hall–Kier alpha value is -3.61. The number of hydrogen-bond acceptors (Lipinski definition) is 4. The minimum atomic E-state index is -0.882. The molecule has 0 bridgehead atoms. The number of nitrogens with one attached hydrogen (secondary N) is 1. The number of carbonyl (C=O) groups excluding carboxylic acids is 2. The minimum Gasteiger partial charge on any atom is -0.351 e. The average molecular weight is 489 g/mol. The molecule has 1 aromatic heterocycles. The van der Waals surface area contributed by atoms with E-state index >= 15 is 0 Å². The molecule has 4 rings (SSSR count). The fraction of sp³-hybridized carbons (Fsp3) is 0.379. The second kappa shape index (κ2) is 11.9. The van der Waals surface area contributed by atoms with Crippen molar-refractivity contribution in [3.8, 4) is 0 Å². The van der Waals surface area contributed by atoms with Gasteiger partial charge in [-0.25, -0.2) is 9.37 Å². The molecule has 7 heteroatoms. The largest absolute Gasteiger partial charge is 0.351 e. The number of aromatic nitrogens is 2. The van der Waals surface area contributed by atoms with Crippen LogP contribution in [0.5, 0.6) is 0 Å². The van der Waals surface area contributed by atoms with Crippen LogP contribution in [0.15, 0.2) is 67.1 Å². The van der Waals surface area contributed by atoms with Gasteiger partial charge in [0.2, 0.25) is 5.91 Å². The molecule has 0 saturated heterocycles. The molecule has 1 aliphatic carbocycles. The average Bonchev–Trinajstić information content (AvgIpc) is 2.90. The van der Waals surface area contributed by atoms with Gasteiger partial charge in [0.1, 0.15) is 17.6 Å². The summed E-state index contributed by atoms with van der Waals surface area (Å²) in [6.07, 6.45) is 9.55. The second-order valence-corrected chi connectivity index (χ2v) is 9.72. The molecule has 3 aromatic rings. The van der Waals surface area contributed by atoms with Gasteiger partial charge in [0.15, 0.2) is 0 Å².